The maximum absolute atomic E-state index is 6.56. The van der Waals surface area contributed by atoms with Crippen molar-refractivity contribution in [3.63, 3.8) is 0 Å². The minimum atomic E-state index is 0.0820. The summed E-state index contributed by atoms with van der Waals surface area (Å²) in [7, 11) is 0. The van der Waals surface area contributed by atoms with Crippen molar-refractivity contribution in [2.45, 2.75) is 70.4 Å². The summed E-state index contributed by atoms with van der Waals surface area (Å²) in [6.07, 6.45) is 8.78. The summed E-state index contributed by atoms with van der Waals surface area (Å²) in [5.74, 6) is 1.96. The van der Waals surface area contributed by atoms with Crippen molar-refractivity contribution in [1.29, 1.82) is 0 Å². The van der Waals surface area contributed by atoms with Gasteiger partial charge in [-0.25, -0.2) is 0 Å². The zero-order valence-corrected chi connectivity index (χ0v) is 13.5. The first-order valence-corrected chi connectivity index (χ1v) is 8.77. The first-order chi connectivity index (χ1) is 10.3. The van der Waals surface area contributed by atoms with Crippen LogP contribution in [0.5, 0.6) is 5.75 Å². The van der Waals surface area contributed by atoms with Crippen LogP contribution >= 0.6 is 0 Å². The molecule has 1 spiro atoms. The van der Waals surface area contributed by atoms with Crippen LogP contribution in [0.3, 0.4) is 0 Å². The molecule has 0 bridgehead atoms. The van der Waals surface area contributed by atoms with Crippen molar-refractivity contribution >= 4 is 0 Å². The number of hydrogen-bond donors (Lipinski definition) is 1. The Morgan fingerprint density at radius 3 is 2.90 bits per heavy atom. The molecule has 0 aromatic heterocycles. The van der Waals surface area contributed by atoms with E-state index in [1.165, 1.54) is 44.1 Å². The Labute approximate surface area is 129 Å². The third-order valence-electron chi connectivity index (χ3n) is 5.32. The molecule has 1 aliphatic heterocycles. The van der Waals surface area contributed by atoms with E-state index < -0.39 is 0 Å². The molecule has 1 aliphatic carbocycles. The average Bonchev–Trinajstić information content (AvgIpc) is 2.52. The average molecular weight is 287 g/mol. The summed E-state index contributed by atoms with van der Waals surface area (Å²) in [6.45, 7) is 5.65. The summed E-state index contributed by atoms with van der Waals surface area (Å²) in [4.78, 5) is 0. The standard InChI is InChI=1S/C19H29NO/c1-3-12-20-17-14-19(11-7-8-15(4-2)13-19)21-18-10-6-5-9-16(17)18/h5-6,9-10,15,17,20H,3-4,7-8,11-14H2,1-2H3. The molecule has 1 fully saturated rings. The summed E-state index contributed by atoms with van der Waals surface area (Å²) in [5, 5.41) is 3.75. The van der Waals surface area contributed by atoms with Crippen LogP contribution in [0.1, 0.15) is 70.4 Å². The first kappa shape index (κ1) is 14.9. The first-order valence-electron chi connectivity index (χ1n) is 8.77. The number of fused-ring (bicyclic) bond motifs is 1. The van der Waals surface area contributed by atoms with E-state index in [2.05, 4.69) is 43.4 Å². The van der Waals surface area contributed by atoms with Crippen LogP contribution in [0.2, 0.25) is 0 Å². The molecule has 2 nitrogen and oxygen atoms in total. The molecule has 3 atom stereocenters. The van der Waals surface area contributed by atoms with Crippen molar-refractivity contribution in [3.05, 3.63) is 29.8 Å². The summed E-state index contributed by atoms with van der Waals surface area (Å²) in [6, 6.07) is 9.10. The van der Waals surface area contributed by atoms with Crippen molar-refractivity contribution < 1.29 is 4.74 Å². The van der Waals surface area contributed by atoms with Crippen LogP contribution in [0.25, 0.3) is 0 Å². The van der Waals surface area contributed by atoms with Gasteiger partial charge in [-0.3, -0.25) is 0 Å². The van der Waals surface area contributed by atoms with Crippen molar-refractivity contribution in [1.82, 2.24) is 5.32 Å². The largest absolute Gasteiger partial charge is 0.487 e. The predicted octanol–water partition coefficient (Wildman–Crippen LogP) is 4.85. The molecule has 1 aromatic carbocycles. The smallest absolute Gasteiger partial charge is 0.124 e. The lowest BCUT2D eigenvalue weighted by atomic mass is 9.72. The summed E-state index contributed by atoms with van der Waals surface area (Å²) < 4.78 is 6.56. The quantitative estimate of drug-likeness (QED) is 0.855. The Bertz CT molecular complexity index is 472. The molecule has 0 saturated heterocycles. The van der Waals surface area contributed by atoms with E-state index in [0.29, 0.717) is 6.04 Å². The predicted molar refractivity (Wildman–Crippen MR) is 87.7 cm³/mol. The molecule has 3 rings (SSSR count). The van der Waals surface area contributed by atoms with Crippen LogP contribution in [-0.4, -0.2) is 12.1 Å². The van der Waals surface area contributed by atoms with Crippen molar-refractivity contribution in [2.24, 2.45) is 5.92 Å². The minimum Gasteiger partial charge on any atom is -0.487 e. The van der Waals surface area contributed by atoms with Gasteiger partial charge in [0.25, 0.3) is 0 Å². The molecule has 2 aliphatic rings. The molecule has 1 heterocycles. The van der Waals surface area contributed by atoms with Crippen molar-refractivity contribution in [2.75, 3.05) is 6.54 Å². The maximum atomic E-state index is 6.56. The number of benzene rings is 1. The number of nitrogens with one attached hydrogen (secondary N) is 1. The van der Waals surface area contributed by atoms with Gasteiger partial charge in [0, 0.05) is 18.0 Å². The monoisotopic (exact) mass is 287 g/mol. The molecule has 116 valence electrons. The Hall–Kier alpha value is -1.02. The van der Waals surface area contributed by atoms with E-state index in [9.17, 15) is 0 Å². The number of ether oxygens (including phenoxy) is 1. The molecular formula is C19H29NO. The fourth-order valence-corrected chi connectivity index (χ4v) is 4.19. The van der Waals surface area contributed by atoms with Gasteiger partial charge in [0.2, 0.25) is 0 Å². The van der Waals surface area contributed by atoms with E-state index in [1.807, 2.05) is 0 Å². The second-order valence-electron chi connectivity index (χ2n) is 6.90. The Balaban J connectivity index is 1.85. The van der Waals surface area contributed by atoms with Crippen LogP contribution in [0, 0.1) is 5.92 Å². The Morgan fingerprint density at radius 1 is 1.24 bits per heavy atom. The van der Waals surface area contributed by atoms with Gasteiger partial charge in [-0.1, -0.05) is 44.9 Å². The van der Waals surface area contributed by atoms with Gasteiger partial charge in [-0.15, -0.1) is 0 Å². The van der Waals surface area contributed by atoms with Gasteiger partial charge >= 0.3 is 0 Å². The summed E-state index contributed by atoms with van der Waals surface area (Å²) >= 11 is 0. The van der Waals surface area contributed by atoms with Crippen LogP contribution in [0.4, 0.5) is 0 Å². The molecule has 2 heteroatoms. The topological polar surface area (TPSA) is 21.3 Å². The summed E-state index contributed by atoms with van der Waals surface area (Å²) in [5.41, 5.74) is 1.44. The molecule has 0 radical (unpaired) electrons. The number of para-hydroxylation sites is 1. The minimum absolute atomic E-state index is 0.0820. The maximum Gasteiger partial charge on any atom is 0.124 e. The lowest BCUT2D eigenvalue weighted by Gasteiger charge is -2.47. The zero-order chi connectivity index (χ0) is 14.7. The molecule has 1 N–H and O–H groups in total. The fourth-order valence-electron chi connectivity index (χ4n) is 4.19. The normalized spacial score (nSPS) is 31.7. The van der Waals surface area contributed by atoms with E-state index in [-0.39, 0.29) is 5.60 Å². The fraction of sp³-hybridized carbons (Fsp3) is 0.684. The van der Waals surface area contributed by atoms with Gasteiger partial charge < -0.3 is 10.1 Å². The lowest BCUT2D eigenvalue weighted by molar-refractivity contribution is -0.0215. The van der Waals surface area contributed by atoms with E-state index in [0.717, 1.165) is 24.6 Å². The van der Waals surface area contributed by atoms with E-state index >= 15 is 0 Å². The van der Waals surface area contributed by atoms with Crippen LogP contribution in [-0.2, 0) is 0 Å². The van der Waals surface area contributed by atoms with Crippen LogP contribution < -0.4 is 10.1 Å². The molecule has 0 amide bonds. The molecule has 3 unspecified atom stereocenters. The second-order valence-corrected chi connectivity index (χ2v) is 6.90. The van der Waals surface area contributed by atoms with Gasteiger partial charge in [-0.05, 0) is 44.2 Å². The van der Waals surface area contributed by atoms with Gasteiger partial charge in [0.1, 0.15) is 11.4 Å². The van der Waals surface area contributed by atoms with E-state index in [4.69, 9.17) is 4.74 Å². The Morgan fingerprint density at radius 2 is 2.10 bits per heavy atom. The number of rotatable bonds is 4. The van der Waals surface area contributed by atoms with Crippen LogP contribution in [0.15, 0.2) is 24.3 Å². The van der Waals surface area contributed by atoms with Gasteiger partial charge in [-0.2, -0.15) is 0 Å². The third kappa shape index (κ3) is 3.11. The lowest BCUT2D eigenvalue weighted by Crippen LogP contribution is -2.47. The highest BCUT2D eigenvalue weighted by atomic mass is 16.5. The Kier molecular flexibility index (Phi) is 4.54. The SMILES string of the molecule is CCCNC1CC2(CCCC(CC)C2)Oc2ccccc21. The van der Waals surface area contributed by atoms with Crippen molar-refractivity contribution in [3.8, 4) is 5.75 Å². The molecule has 21 heavy (non-hydrogen) atoms. The zero-order valence-electron chi connectivity index (χ0n) is 13.5. The van der Waals surface area contributed by atoms with Gasteiger partial charge in [0.15, 0.2) is 0 Å². The molecule has 1 saturated carbocycles. The number of hydrogen-bond acceptors (Lipinski definition) is 2. The van der Waals surface area contributed by atoms with E-state index in [1.54, 1.807) is 0 Å². The highest BCUT2D eigenvalue weighted by Crippen LogP contribution is 2.47. The highest BCUT2D eigenvalue weighted by Gasteiger charge is 2.43. The second kappa shape index (κ2) is 6.39. The molecular weight excluding hydrogens is 258 g/mol. The third-order valence-corrected chi connectivity index (χ3v) is 5.32. The van der Waals surface area contributed by atoms with Gasteiger partial charge in [0.05, 0.1) is 0 Å². The molecule has 1 aromatic rings. The highest BCUT2D eigenvalue weighted by molar-refractivity contribution is 5.39.